The molecule has 0 aromatic heterocycles. The highest BCUT2D eigenvalue weighted by Gasteiger charge is 2.35. The summed E-state index contributed by atoms with van der Waals surface area (Å²) in [6, 6.07) is 0. The number of nitrogens with one attached hydrogen (secondary N) is 1. The molecule has 0 amide bonds. The molecule has 1 N–H and O–H groups in total. The van der Waals surface area contributed by atoms with Crippen LogP contribution >= 0.6 is 0 Å². The van der Waals surface area contributed by atoms with Crippen molar-refractivity contribution in [1.29, 1.82) is 0 Å². The first kappa shape index (κ1) is 10.2. The third kappa shape index (κ3) is 2.37. The van der Waals surface area contributed by atoms with E-state index in [1.165, 1.54) is 44.7 Å². The zero-order valence-corrected chi connectivity index (χ0v) is 9.42. The first-order valence-corrected chi connectivity index (χ1v) is 5.82. The van der Waals surface area contributed by atoms with Crippen molar-refractivity contribution >= 4 is 0 Å². The highest BCUT2D eigenvalue weighted by atomic mass is 15.2. The topological polar surface area (TPSA) is 15.3 Å². The summed E-state index contributed by atoms with van der Waals surface area (Å²) >= 11 is 0. The van der Waals surface area contributed by atoms with E-state index in [0.29, 0.717) is 0 Å². The van der Waals surface area contributed by atoms with Gasteiger partial charge in [0.25, 0.3) is 0 Å². The lowest BCUT2D eigenvalue weighted by Crippen LogP contribution is -2.26. The molecule has 0 saturated carbocycles. The van der Waals surface area contributed by atoms with Gasteiger partial charge in [-0.1, -0.05) is 11.6 Å². The largest absolute Gasteiger partial charge is 0.316 e. The summed E-state index contributed by atoms with van der Waals surface area (Å²) in [7, 11) is 0. The van der Waals surface area contributed by atoms with Gasteiger partial charge in [0.1, 0.15) is 0 Å². The van der Waals surface area contributed by atoms with Gasteiger partial charge in [0.05, 0.1) is 0 Å². The van der Waals surface area contributed by atoms with Gasteiger partial charge in [-0.25, -0.2) is 0 Å². The lowest BCUT2D eigenvalue weighted by atomic mass is 10.0. The molecule has 0 radical (unpaired) electrons. The summed E-state index contributed by atoms with van der Waals surface area (Å²) in [6.07, 6.45) is 3.58. The zero-order chi connectivity index (χ0) is 9.97. The Labute approximate surface area is 87.4 Å². The fourth-order valence-corrected chi connectivity index (χ4v) is 2.67. The number of hydrogen-bond donors (Lipinski definition) is 1. The van der Waals surface area contributed by atoms with E-state index in [1.54, 1.807) is 0 Å². The predicted octanol–water partition coefficient (Wildman–Crippen LogP) is 1.49. The zero-order valence-electron chi connectivity index (χ0n) is 9.42. The van der Waals surface area contributed by atoms with Gasteiger partial charge in [-0.05, 0) is 45.2 Å². The SMILES string of the molecule is CC(C)=CCCN1CC2CNCC2C1. The number of hydrogen-bond acceptors (Lipinski definition) is 2. The van der Waals surface area contributed by atoms with Crippen molar-refractivity contribution in [3.05, 3.63) is 11.6 Å². The molecule has 0 spiro atoms. The molecule has 2 heteroatoms. The minimum absolute atomic E-state index is 0.946. The van der Waals surface area contributed by atoms with Gasteiger partial charge in [0.15, 0.2) is 0 Å². The number of rotatable bonds is 3. The Kier molecular flexibility index (Phi) is 3.24. The van der Waals surface area contributed by atoms with E-state index in [2.05, 4.69) is 30.1 Å². The maximum atomic E-state index is 3.48. The minimum atomic E-state index is 0.946. The molecule has 2 atom stereocenters. The van der Waals surface area contributed by atoms with E-state index in [9.17, 15) is 0 Å². The molecular formula is C12H22N2. The molecule has 0 aliphatic carbocycles. The van der Waals surface area contributed by atoms with Crippen LogP contribution in [0.4, 0.5) is 0 Å². The maximum absolute atomic E-state index is 3.48. The summed E-state index contributed by atoms with van der Waals surface area (Å²) < 4.78 is 0. The molecule has 2 nitrogen and oxygen atoms in total. The third-order valence-corrected chi connectivity index (χ3v) is 3.46. The lowest BCUT2D eigenvalue weighted by molar-refractivity contribution is 0.319. The van der Waals surface area contributed by atoms with Crippen LogP contribution in [0.3, 0.4) is 0 Å². The molecule has 2 rings (SSSR count). The maximum Gasteiger partial charge on any atom is 0.00257 e. The fraction of sp³-hybridized carbons (Fsp3) is 0.833. The van der Waals surface area contributed by atoms with E-state index in [-0.39, 0.29) is 0 Å². The number of fused-ring (bicyclic) bond motifs is 1. The molecule has 2 fully saturated rings. The number of nitrogens with zero attached hydrogens (tertiary/aromatic N) is 1. The van der Waals surface area contributed by atoms with Gasteiger partial charge in [0.2, 0.25) is 0 Å². The van der Waals surface area contributed by atoms with Crippen LogP contribution in [0.1, 0.15) is 20.3 Å². The second-order valence-electron chi connectivity index (χ2n) is 5.01. The van der Waals surface area contributed by atoms with Crippen LogP contribution in [-0.4, -0.2) is 37.6 Å². The summed E-state index contributed by atoms with van der Waals surface area (Å²) in [5.41, 5.74) is 1.45. The molecule has 2 heterocycles. The Bertz CT molecular complexity index is 206. The van der Waals surface area contributed by atoms with E-state index < -0.39 is 0 Å². The van der Waals surface area contributed by atoms with Crippen LogP contribution in [0.25, 0.3) is 0 Å². The molecule has 2 saturated heterocycles. The summed E-state index contributed by atoms with van der Waals surface area (Å²) in [4.78, 5) is 2.63. The average molecular weight is 194 g/mol. The van der Waals surface area contributed by atoms with Crippen LogP contribution in [-0.2, 0) is 0 Å². The van der Waals surface area contributed by atoms with Gasteiger partial charge in [-0.15, -0.1) is 0 Å². The van der Waals surface area contributed by atoms with E-state index >= 15 is 0 Å². The van der Waals surface area contributed by atoms with Crippen LogP contribution < -0.4 is 5.32 Å². The Morgan fingerprint density at radius 1 is 1.29 bits per heavy atom. The van der Waals surface area contributed by atoms with Crippen molar-refractivity contribution < 1.29 is 0 Å². The monoisotopic (exact) mass is 194 g/mol. The molecule has 14 heavy (non-hydrogen) atoms. The first-order valence-electron chi connectivity index (χ1n) is 5.82. The van der Waals surface area contributed by atoms with Crippen molar-refractivity contribution in [3.63, 3.8) is 0 Å². The van der Waals surface area contributed by atoms with Crippen LogP contribution in [0.15, 0.2) is 11.6 Å². The molecule has 0 aromatic carbocycles. The molecular weight excluding hydrogens is 172 g/mol. The first-order chi connectivity index (χ1) is 6.75. The normalized spacial score (nSPS) is 31.9. The van der Waals surface area contributed by atoms with E-state index in [1.807, 2.05) is 0 Å². The van der Waals surface area contributed by atoms with Crippen molar-refractivity contribution in [1.82, 2.24) is 10.2 Å². The summed E-state index contributed by atoms with van der Waals surface area (Å²) in [5.74, 6) is 1.89. The second kappa shape index (κ2) is 4.45. The predicted molar refractivity (Wildman–Crippen MR) is 60.3 cm³/mol. The molecule has 0 bridgehead atoms. The Hall–Kier alpha value is -0.340. The van der Waals surface area contributed by atoms with Crippen molar-refractivity contribution in [2.75, 3.05) is 32.7 Å². The molecule has 2 aliphatic heterocycles. The van der Waals surface area contributed by atoms with Crippen LogP contribution in [0.5, 0.6) is 0 Å². The summed E-state index contributed by atoms with van der Waals surface area (Å²) in [5, 5.41) is 3.48. The van der Waals surface area contributed by atoms with Crippen LogP contribution in [0.2, 0.25) is 0 Å². The number of likely N-dealkylation sites (tertiary alicyclic amines) is 1. The smallest absolute Gasteiger partial charge is 0.00257 e. The van der Waals surface area contributed by atoms with Crippen molar-refractivity contribution in [3.8, 4) is 0 Å². The number of allylic oxidation sites excluding steroid dienone is 1. The van der Waals surface area contributed by atoms with Gasteiger partial charge in [0, 0.05) is 19.6 Å². The Balaban J connectivity index is 1.71. The minimum Gasteiger partial charge on any atom is -0.316 e. The molecule has 2 aliphatic rings. The third-order valence-electron chi connectivity index (χ3n) is 3.46. The van der Waals surface area contributed by atoms with Gasteiger partial charge in [-0.2, -0.15) is 0 Å². The summed E-state index contributed by atoms with van der Waals surface area (Å²) in [6.45, 7) is 10.8. The average Bonchev–Trinajstić information content (AvgIpc) is 2.62. The van der Waals surface area contributed by atoms with Gasteiger partial charge >= 0.3 is 0 Å². The molecule has 80 valence electrons. The lowest BCUT2D eigenvalue weighted by Gasteiger charge is -2.15. The molecule has 0 aromatic rings. The highest BCUT2D eigenvalue weighted by molar-refractivity contribution is 4.95. The van der Waals surface area contributed by atoms with Crippen LogP contribution in [0, 0.1) is 11.8 Å². The molecule has 2 unspecified atom stereocenters. The van der Waals surface area contributed by atoms with Crippen molar-refractivity contribution in [2.45, 2.75) is 20.3 Å². The Morgan fingerprint density at radius 2 is 1.93 bits per heavy atom. The van der Waals surface area contributed by atoms with E-state index in [0.717, 1.165) is 11.8 Å². The highest BCUT2D eigenvalue weighted by Crippen LogP contribution is 2.26. The Morgan fingerprint density at radius 3 is 2.50 bits per heavy atom. The standard InChI is InChI=1S/C12H22N2/c1-10(2)4-3-5-14-8-11-6-13-7-12(11)9-14/h4,11-13H,3,5-9H2,1-2H3. The van der Waals surface area contributed by atoms with Gasteiger partial charge in [-0.3, -0.25) is 0 Å². The van der Waals surface area contributed by atoms with Gasteiger partial charge < -0.3 is 10.2 Å². The quantitative estimate of drug-likeness (QED) is 0.685. The fourth-order valence-electron chi connectivity index (χ4n) is 2.67. The van der Waals surface area contributed by atoms with E-state index in [4.69, 9.17) is 0 Å². The van der Waals surface area contributed by atoms with Crippen molar-refractivity contribution in [2.24, 2.45) is 11.8 Å². The second-order valence-corrected chi connectivity index (χ2v) is 5.01.